The van der Waals surface area contributed by atoms with Crippen LogP contribution in [0.3, 0.4) is 0 Å². The number of para-hydroxylation sites is 1. The molecule has 0 aliphatic rings. The van der Waals surface area contributed by atoms with Gasteiger partial charge >= 0.3 is 5.97 Å². The molecular formula is C10H9NO4. The molecule has 78 valence electrons. The first-order chi connectivity index (χ1) is 7.22. The summed E-state index contributed by atoms with van der Waals surface area (Å²) in [6.07, 6.45) is 0. The number of hydrogen-bond acceptors (Lipinski definition) is 5. The molecule has 0 saturated heterocycles. The van der Waals surface area contributed by atoms with E-state index in [0.29, 0.717) is 0 Å². The summed E-state index contributed by atoms with van der Waals surface area (Å²) in [5.74, 6) is -0.534. The lowest BCUT2D eigenvalue weighted by atomic mass is 10.2. The van der Waals surface area contributed by atoms with Crippen molar-refractivity contribution >= 4 is 5.97 Å². The van der Waals surface area contributed by atoms with Crippen molar-refractivity contribution in [1.29, 1.82) is 5.26 Å². The minimum atomic E-state index is -0.837. The first-order valence-corrected chi connectivity index (χ1v) is 4.11. The van der Waals surface area contributed by atoms with Crippen LogP contribution in [0.25, 0.3) is 0 Å². The maximum atomic E-state index is 10.9. The second kappa shape index (κ2) is 4.98. The van der Waals surface area contributed by atoms with Gasteiger partial charge < -0.3 is 14.6 Å². The van der Waals surface area contributed by atoms with Gasteiger partial charge in [-0.2, -0.15) is 5.26 Å². The first kappa shape index (κ1) is 11.0. The number of nitriles is 1. The smallest absolute Gasteiger partial charge is 0.337 e. The predicted octanol–water partition coefficient (Wildman–Crippen LogP) is 0.465. The number of aliphatic hydroxyl groups excluding tert-OH is 1. The van der Waals surface area contributed by atoms with Gasteiger partial charge in [0.15, 0.2) is 11.5 Å². The van der Waals surface area contributed by atoms with Crippen LogP contribution in [0.1, 0.15) is 5.56 Å². The van der Waals surface area contributed by atoms with E-state index < -0.39 is 12.6 Å². The normalized spacial score (nSPS) is 9.13. The van der Waals surface area contributed by atoms with Crippen LogP contribution in [0.4, 0.5) is 0 Å². The molecule has 0 atom stereocenters. The molecule has 1 aromatic rings. The number of aliphatic hydroxyl groups is 1. The number of benzene rings is 1. The summed E-state index contributed by atoms with van der Waals surface area (Å²) in [7, 11) is 1.40. The lowest BCUT2D eigenvalue weighted by Gasteiger charge is -2.09. The molecular weight excluding hydrogens is 198 g/mol. The Morgan fingerprint density at radius 3 is 2.87 bits per heavy atom. The SMILES string of the molecule is COc1cccc(C#N)c1OC(=O)CO. The van der Waals surface area contributed by atoms with E-state index in [9.17, 15) is 4.79 Å². The number of rotatable bonds is 3. The van der Waals surface area contributed by atoms with Crippen LogP contribution < -0.4 is 9.47 Å². The molecule has 15 heavy (non-hydrogen) atoms. The van der Waals surface area contributed by atoms with E-state index in [1.165, 1.54) is 13.2 Å². The molecule has 0 saturated carbocycles. The van der Waals surface area contributed by atoms with Crippen LogP contribution in [-0.2, 0) is 4.79 Å². The molecule has 0 bridgehead atoms. The average molecular weight is 207 g/mol. The number of esters is 1. The lowest BCUT2D eigenvalue weighted by Crippen LogP contribution is -2.13. The second-order valence-electron chi connectivity index (χ2n) is 2.58. The van der Waals surface area contributed by atoms with Crippen molar-refractivity contribution in [1.82, 2.24) is 0 Å². The maximum Gasteiger partial charge on any atom is 0.337 e. The number of carbonyl (C=O) groups excluding carboxylic acids is 1. The highest BCUT2D eigenvalue weighted by atomic mass is 16.6. The fourth-order valence-electron chi connectivity index (χ4n) is 1.02. The zero-order valence-electron chi connectivity index (χ0n) is 8.06. The largest absolute Gasteiger partial charge is 0.493 e. The highest BCUT2D eigenvalue weighted by Gasteiger charge is 2.13. The van der Waals surface area contributed by atoms with Crippen molar-refractivity contribution in [3.05, 3.63) is 23.8 Å². The molecule has 0 amide bonds. The molecule has 5 nitrogen and oxygen atoms in total. The van der Waals surface area contributed by atoms with E-state index in [1.807, 2.05) is 6.07 Å². The van der Waals surface area contributed by atoms with E-state index in [-0.39, 0.29) is 17.1 Å². The Bertz CT molecular complexity index is 408. The van der Waals surface area contributed by atoms with Crippen molar-refractivity contribution in [2.45, 2.75) is 0 Å². The van der Waals surface area contributed by atoms with Crippen molar-refractivity contribution in [2.75, 3.05) is 13.7 Å². The molecule has 0 spiro atoms. The van der Waals surface area contributed by atoms with Gasteiger partial charge in [0.05, 0.1) is 12.7 Å². The first-order valence-electron chi connectivity index (χ1n) is 4.11. The molecule has 0 aliphatic carbocycles. The third-order valence-electron chi connectivity index (χ3n) is 1.66. The molecule has 5 heteroatoms. The van der Waals surface area contributed by atoms with Gasteiger partial charge in [-0.25, -0.2) is 4.79 Å². The Morgan fingerprint density at radius 2 is 2.33 bits per heavy atom. The molecule has 0 aliphatic heterocycles. The Morgan fingerprint density at radius 1 is 1.60 bits per heavy atom. The summed E-state index contributed by atoms with van der Waals surface area (Å²) in [6.45, 7) is -0.747. The van der Waals surface area contributed by atoms with Crippen molar-refractivity contribution < 1.29 is 19.4 Å². The van der Waals surface area contributed by atoms with Crippen LogP contribution >= 0.6 is 0 Å². The van der Waals surface area contributed by atoms with E-state index >= 15 is 0 Å². The molecule has 0 aromatic heterocycles. The third kappa shape index (κ3) is 2.45. The van der Waals surface area contributed by atoms with E-state index in [1.54, 1.807) is 12.1 Å². The quantitative estimate of drug-likeness (QED) is 0.575. The van der Waals surface area contributed by atoms with Crippen LogP contribution in [0.2, 0.25) is 0 Å². The van der Waals surface area contributed by atoms with Crippen LogP contribution in [0.15, 0.2) is 18.2 Å². The molecule has 1 aromatic carbocycles. The van der Waals surface area contributed by atoms with Gasteiger partial charge in [0, 0.05) is 0 Å². The van der Waals surface area contributed by atoms with Crippen LogP contribution in [0, 0.1) is 11.3 Å². The van der Waals surface area contributed by atoms with Gasteiger partial charge in [0.25, 0.3) is 0 Å². The Balaban J connectivity index is 3.12. The Kier molecular flexibility index (Phi) is 3.66. The van der Waals surface area contributed by atoms with E-state index in [4.69, 9.17) is 19.8 Å². The molecule has 0 radical (unpaired) electrons. The lowest BCUT2D eigenvalue weighted by molar-refractivity contribution is -0.137. The minimum Gasteiger partial charge on any atom is -0.493 e. The summed E-state index contributed by atoms with van der Waals surface area (Å²) in [6, 6.07) is 6.51. The Hall–Kier alpha value is -2.06. The number of methoxy groups -OCH3 is 1. The summed E-state index contributed by atoms with van der Waals surface area (Å²) in [4.78, 5) is 10.9. The molecule has 0 unspecified atom stereocenters. The fraction of sp³-hybridized carbons (Fsp3) is 0.200. The highest BCUT2D eigenvalue weighted by molar-refractivity contribution is 5.75. The number of nitrogens with zero attached hydrogens (tertiary/aromatic N) is 1. The molecule has 1 N–H and O–H groups in total. The monoisotopic (exact) mass is 207 g/mol. The van der Waals surface area contributed by atoms with Gasteiger partial charge in [-0.1, -0.05) is 6.07 Å². The fourth-order valence-corrected chi connectivity index (χ4v) is 1.02. The second-order valence-corrected chi connectivity index (χ2v) is 2.58. The summed E-state index contributed by atoms with van der Waals surface area (Å²) >= 11 is 0. The van der Waals surface area contributed by atoms with Gasteiger partial charge in [0.1, 0.15) is 12.7 Å². The van der Waals surface area contributed by atoms with Gasteiger partial charge in [0.2, 0.25) is 0 Å². The van der Waals surface area contributed by atoms with Gasteiger partial charge in [-0.15, -0.1) is 0 Å². The molecule has 0 heterocycles. The Labute approximate surface area is 86.5 Å². The van der Waals surface area contributed by atoms with Crippen molar-refractivity contribution in [2.24, 2.45) is 0 Å². The number of carbonyl (C=O) groups is 1. The number of ether oxygens (including phenoxy) is 2. The summed E-state index contributed by atoms with van der Waals surface area (Å²) in [5, 5.41) is 17.3. The van der Waals surface area contributed by atoms with Gasteiger partial charge in [-0.05, 0) is 12.1 Å². The van der Waals surface area contributed by atoms with E-state index in [0.717, 1.165) is 0 Å². The van der Waals surface area contributed by atoms with E-state index in [2.05, 4.69) is 0 Å². The topological polar surface area (TPSA) is 79.5 Å². The van der Waals surface area contributed by atoms with Crippen LogP contribution in [-0.4, -0.2) is 24.8 Å². The minimum absolute atomic E-state index is 0.0292. The molecule has 1 rings (SSSR count). The molecule has 0 fully saturated rings. The van der Waals surface area contributed by atoms with Crippen molar-refractivity contribution in [3.8, 4) is 17.6 Å². The standard InChI is InChI=1S/C10H9NO4/c1-14-8-4-2-3-7(5-11)10(8)15-9(13)6-12/h2-4,12H,6H2,1H3. The summed E-state index contributed by atoms with van der Waals surface area (Å²) in [5.41, 5.74) is 0.177. The number of hydrogen-bond donors (Lipinski definition) is 1. The van der Waals surface area contributed by atoms with Crippen molar-refractivity contribution in [3.63, 3.8) is 0 Å². The van der Waals surface area contributed by atoms with Gasteiger partial charge in [-0.3, -0.25) is 0 Å². The zero-order valence-corrected chi connectivity index (χ0v) is 8.06. The summed E-state index contributed by atoms with van der Waals surface area (Å²) < 4.78 is 9.69. The average Bonchev–Trinajstić information content (AvgIpc) is 2.29. The third-order valence-corrected chi connectivity index (χ3v) is 1.66. The predicted molar refractivity (Wildman–Crippen MR) is 50.4 cm³/mol. The highest BCUT2D eigenvalue weighted by Crippen LogP contribution is 2.30. The zero-order chi connectivity index (χ0) is 11.3. The maximum absolute atomic E-state index is 10.9. The van der Waals surface area contributed by atoms with Crippen LogP contribution in [0.5, 0.6) is 11.5 Å².